The van der Waals surface area contributed by atoms with E-state index < -0.39 is 0 Å². The van der Waals surface area contributed by atoms with Crippen LogP contribution in [0.25, 0.3) is 0 Å². The smallest absolute Gasteiger partial charge is 0.191 e. The van der Waals surface area contributed by atoms with E-state index in [0.717, 1.165) is 31.9 Å². The number of benzene rings is 1. The van der Waals surface area contributed by atoms with Crippen molar-refractivity contribution in [2.45, 2.75) is 57.5 Å². The Kier molecular flexibility index (Phi) is 7.12. The Morgan fingerprint density at radius 3 is 2.93 bits per heavy atom. The fourth-order valence-electron chi connectivity index (χ4n) is 3.87. The minimum Gasteiger partial charge on any atom is -0.373 e. The first kappa shape index (κ1) is 20.1. The van der Waals surface area contributed by atoms with Gasteiger partial charge in [-0.25, -0.2) is 9.98 Å². The largest absolute Gasteiger partial charge is 0.373 e. The van der Waals surface area contributed by atoms with Crippen LogP contribution in [0, 0.1) is 0 Å². The molecular weight excluding hydrogens is 453 g/mol. The van der Waals surface area contributed by atoms with Gasteiger partial charge in [0.25, 0.3) is 0 Å². The van der Waals surface area contributed by atoms with Crippen LogP contribution < -0.4 is 10.6 Å². The zero-order valence-electron chi connectivity index (χ0n) is 15.7. The molecule has 2 saturated heterocycles. The number of halogens is 1. The minimum atomic E-state index is 0. The van der Waals surface area contributed by atoms with E-state index in [2.05, 4.69) is 51.4 Å². The molecule has 27 heavy (non-hydrogen) atoms. The predicted octanol–water partition coefficient (Wildman–Crippen LogP) is 2.92. The van der Waals surface area contributed by atoms with Gasteiger partial charge in [0.2, 0.25) is 0 Å². The van der Waals surface area contributed by atoms with Gasteiger partial charge >= 0.3 is 0 Å². The van der Waals surface area contributed by atoms with Crippen molar-refractivity contribution in [1.29, 1.82) is 0 Å². The molecule has 6 nitrogen and oxygen atoms in total. The number of aliphatic imine (C=N–C) groups is 1. The summed E-state index contributed by atoms with van der Waals surface area (Å²) >= 11 is 0. The second kappa shape index (κ2) is 9.54. The van der Waals surface area contributed by atoms with Gasteiger partial charge in [-0.15, -0.1) is 24.0 Å². The van der Waals surface area contributed by atoms with Crippen molar-refractivity contribution in [3.8, 4) is 0 Å². The van der Waals surface area contributed by atoms with Crippen molar-refractivity contribution in [1.82, 2.24) is 20.2 Å². The number of ether oxygens (including phenoxy) is 1. The molecule has 3 heterocycles. The maximum absolute atomic E-state index is 5.94. The maximum Gasteiger partial charge on any atom is 0.191 e. The molecule has 3 atom stereocenters. The summed E-state index contributed by atoms with van der Waals surface area (Å²) in [5.41, 5.74) is 2.47. The zero-order valence-corrected chi connectivity index (χ0v) is 18.0. The normalized spacial score (nSPS) is 23.9. The van der Waals surface area contributed by atoms with Crippen LogP contribution in [0.1, 0.15) is 37.3 Å². The van der Waals surface area contributed by atoms with Crippen molar-refractivity contribution in [2.75, 3.05) is 6.54 Å². The van der Waals surface area contributed by atoms with E-state index in [1.165, 1.54) is 17.5 Å². The molecule has 0 radical (unpaired) electrons. The van der Waals surface area contributed by atoms with E-state index in [1.54, 1.807) is 0 Å². The Balaban J connectivity index is 0.00000210. The summed E-state index contributed by atoms with van der Waals surface area (Å²) in [6.07, 6.45) is 9.89. The summed E-state index contributed by atoms with van der Waals surface area (Å²) in [7, 11) is 0. The number of nitrogens with zero attached hydrogens (tertiary/aromatic N) is 3. The molecule has 3 unspecified atom stereocenters. The number of rotatable bonds is 6. The van der Waals surface area contributed by atoms with E-state index in [4.69, 9.17) is 9.73 Å². The molecular formula is C20H28IN5O. The lowest BCUT2D eigenvalue weighted by Gasteiger charge is -2.22. The fourth-order valence-corrected chi connectivity index (χ4v) is 3.87. The molecule has 0 saturated carbocycles. The van der Waals surface area contributed by atoms with Crippen LogP contribution in [-0.4, -0.2) is 40.3 Å². The highest BCUT2D eigenvalue weighted by Gasteiger charge is 2.41. The van der Waals surface area contributed by atoms with Gasteiger partial charge in [-0.1, -0.05) is 24.3 Å². The van der Waals surface area contributed by atoms with E-state index in [9.17, 15) is 0 Å². The molecule has 0 aliphatic carbocycles. The Labute approximate surface area is 177 Å². The van der Waals surface area contributed by atoms with Gasteiger partial charge in [0.1, 0.15) is 0 Å². The van der Waals surface area contributed by atoms with Crippen LogP contribution in [0.15, 0.2) is 48.0 Å². The Morgan fingerprint density at radius 1 is 1.33 bits per heavy atom. The van der Waals surface area contributed by atoms with Crippen LogP contribution >= 0.6 is 24.0 Å². The maximum atomic E-state index is 5.94. The molecule has 1 aromatic carbocycles. The van der Waals surface area contributed by atoms with Crippen molar-refractivity contribution in [3.63, 3.8) is 0 Å². The average Bonchev–Trinajstić information content (AvgIpc) is 3.39. The highest BCUT2D eigenvalue weighted by Crippen LogP contribution is 2.34. The van der Waals surface area contributed by atoms with Gasteiger partial charge in [0.05, 0.1) is 31.1 Å². The Hall–Kier alpha value is -1.61. The fraction of sp³-hybridized carbons (Fsp3) is 0.500. The molecule has 2 aliphatic heterocycles. The first-order chi connectivity index (χ1) is 12.8. The highest BCUT2D eigenvalue weighted by atomic mass is 127. The number of hydrogen-bond donors (Lipinski definition) is 2. The van der Waals surface area contributed by atoms with Gasteiger partial charge in [-0.05, 0) is 37.3 Å². The van der Waals surface area contributed by atoms with Crippen LogP contribution in [0.5, 0.6) is 0 Å². The third-order valence-electron chi connectivity index (χ3n) is 5.11. The molecule has 0 amide bonds. The second-order valence-corrected chi connectivity index (χ2v) is 7.11. The lowest BCUT2D eigenvalue weighted by molar-refractivity contribution is 0.0992. The average molecular weight is 481 g/mol. The van der Waals surface area contributed by atoms with Crippen molar-refractivity contribution < 1.29 is 4.74 Å². The summed E-state index contributed by atoms with van der Waals surface area (Å²) in [6.45, 7) is 4.45. The number of nitrogens with one attached hydrogen (secondary N) is 2. The lowest BCUT2D eigenvalue weighted by atomic mass is 9.96. The summed E-state index contributed by atoms with van der Waals surface area (Å²) in [5.74, 6) is 0.883. The SMILES string of the molecule is CCNC(=NCc1cccc(Cn2ccnc2)c1)NC1CC2CCC1O2.I. The van der Waals surface area contributed by atoms with Crippen LogP contribution in [-0.2, 0) is 17.8 Å². The Morgan fingerprint density at radius 2 is 2.22 bits per heavy atom. The van der Waals surface area contributed by atoms with Crippen molar-refractivity contribution in [3.05, 3.63) is 54.1 Å². The van der Waals surface area contributed by atoms with Gasteiger partial charge in [-0.2, -0.15) is 0 Å². The molecule has 146 valence electrons. The zero-order chi connectivity index (χ0) is 17.8. The Bertz CT molecular complexity index is 749. The van der Waals surface area contributed by atoms with Crippen molar-refractivity contribution in [2.24, 2.45) is 4.99 Å². The van der Waals surface area contributed by atoms with E-state index in [-0.39, 0.29) is 24.0 Å². The summed E-state index contributed by atoms with van der Waals surface area (Å²) in [5, 5.41) is 6.93. The van der Waals surface area contributed by atoms with Gasteiger partial charge in [-0.3, -0.25) is 0 Å². The first-order valence-electron chi connectivity index (χ1n) is 9.54. The van der Waals surface area contributed by atoms with Crippen LogP contribution in [0.2, 0.25) is 0 Å². The summed E-state index contributed by atoms with van der Waals surface area (Å²) in [4.78, 5) is 8.89. The molecule has 2 bridgehead atoms. The quantitative estimate of drug-likeness (QED) is 0.379. The second-order valence-electron chi connectivity index (χ2n) is 7.11. The molecule has 4 rings (SSSR count). The third kappa shape index (κ3) is 5.22. The van der Waals surface area contributed by atoms with E-state index >= 15 is 0 Å². The highest BCUT2D eigenvalue weighted by molar-refractivity contribution is 14.0. The number of hydrogen-bond acceptors (Lipinski definition) is 3. The minimum absolute atomic E-state index is 0. The number of imidazole rings is 1. The van der Waals surface area contributed by atoms with Gasteiger partial charge < -0.3 is 19.9 Å². The van der Waals surface area contributed by atoms with E-state index in [1.807, 2.05) is 18.7 Å². The summed E-state index contributed by atoms with van der Waals surface area (Å²) in [6, 6.07) is 8.97. The predicted molar refractivity (Wildman–Crippen MR) is 117 cm³/mol. The van der Waals surface area contributed by atoms with E-state index in [0.29, 0.717) is 24.8 Å². The third-order valence-corrected chi connectivity index (χ3v) is 5.11. The van der Waals surface area contributed by atoms with Gasteiger partial charge in [0.15, 0.2) is 5.96 Å². The molecule has 0 spiro atoms. The molecule has 7 heteroatoms. The standard InChI is InChI=1S/C20H27N5O.HI/c1-2-22-20(24-18-11-17-6-7-19(18)26-17)23-12-15-4-3-5-16(10-15)13-25-9-8-21-14-25;/h3-5,8-10,14,17-19H,2,6-7,11-13H2,1H3,(H2,22,23,24);1H. The number of fused-ring (bicyclic) bond motifs is 2. The first-order valence-corrected chi connectivity index (χ1v) is 9.54. The lowest BCUT2D eigenvalue weighted by Crippen LogP contribution is -2.47. The van der Waals surface area contributed by atoms with Crippen molar-refractivity contribution >= 4 is 29.9 Å². The molecule has 2 fully saturated rings. The van der Waals surface area contributed by atoms with Crippen LogP contribution in [0.4, 0.5) is 0 Å². The topological polar surface area (TPSA) is 63.5 Å². The number of aromatic nitrogens is 2. The molecule has 2 N–H and O–H groups in total. The van der Waals surface area contributed by atoms with Gasteiger partial charge in [0, 0.05) is 25.5 Å². The molecule has 2 aliphatic rings. The molecule has 1 aromatic heterocycles. The van der Waals surface area contributed by atoms with Crippen LogP contribution in [0.3, 0.4) is 0 Å². The monoisotopic (exact) mass is 481 g/mol. The summed E-state index contributed by atoms with van der Waals surface area (Å²) < 4.78 is 8.01. The molecule has 2 aromatic rings. The number of guanidine groups is 1.